The van der Waals surface area contributed by atoms with E-state index in [9.17, 15) is 4.79 Å². The molecule has 1 aromatic rings. The van der Waals surface area contributed by atoms with Crippen molar-refractivity contribution in [2.75, 3.05) is 12.8 Å². The van der Waals surface area contributed by atoms with Crippen molar-refractivity contribution in [3.63, 3.8) is 0 Å². The van der Waals surface area contributed by atoms with E-state index < -0.39 is 0 Å². The highest BCUT2D eigenvalue weighted by Crippen LogP contribution is 2.13. The Hall–Kier alpha value is -1.29. The molecule has 0 aliphatic carbocycles. The lowest BCUT2D eigenvalue weighted by Gasteiger charge is -2.04. The fraction of sp³-hybridized carbons (Fsp3) is 0.333. The molecule has 0 aliphatic heterocycles. The molecule has 1 amide bonds. The van der Waals surface area contributed by atoms with Crippen LogP contribution in [-0.4, -0.2) is 23.7 Å². The third kappa shape index (κ3) is 4.06. The second-order valence-electron chi connectivity index (χ2n) is 3.40. The summed E-state index contributed by atoms with van der Waals surface area (Å²) in [4.78, 5) is 15.4. The van der Waals surface area contributed by atoms with Gasteiger partial charge in [-0.25, -0.2) is 0 Å². The fourth-order valence-corrected chi connectivity index (χ4v) is 2.07. The number of hydrogen-bond donors (Lipinski definition) is 1. The number of carbonyl (C=O) groups is 1. The molecule has 0 spiro atoms. The van der Waals surface area contributed by atoms with Crippen LogP contribution in [0.3, 0.4) is 0 Å². The van der Waals surface area contributed by atoms with Gasteiger partial charge in [0.05, 0.1) is 11.4 Å². The molecule has 1 heterocycles. The number of hydrogen-bond acceptors (Lipinski definition) is 3. The largest absolute Gasteiger partial charge is 0.358 e. The number of rotatable bonds is 5. The number of pyridine rings is 1. The zero-order valence-electron chi connectivity index (χ0n) is 9.62. The number of nitrogens with zero attached hydrogens (tertiary/aromatic N) is 1. The van der Waals surface area contributed by atoms with Gasteiger partial charge in [0, 0.05) is 18.5 Å². The summed E-state index contributed by atoms with van der Waals surface area (Å²) in [5.74, 6) is 1.26. The van der Waals surface area contributed by atoms with Gasteiger partial charge >= 0.3 is 0 Å². The summed E-state index contributed by atoms with van der Waals surface area (Å²) >= 11 is 1.56. The van der Waals surface area contributed by atoms with E-state index in [-0.39, 0.29) is 5.91 Å². The molecule has 1 aromatic heterocycles. The van der Waals surface area contributed by atoms with Crippen LogP contribution in [0.15, 0.2) is 18.7 Å². The van der Waals surface area contributed by atoms with Gasteiger partial charge in [-0.05, 0) is 24.6 Å². The van der Waals surface area contributed by atoms with Gasteiger partial charge in [-0.2, -0.15) is 0 Å². The zero-order chi connectivity index (χ0) is 12.0. The molecular formula is C12H16N2OS. The SMILES string of the molecule is C=Cc1cc(C)nc(CSCC(=O)NC)c1. The Balaban J connectivity index is 2.56. The standard InChI is InChI=1S/C12H16N2OS/c1-4-10-5-9(2)14-11(6-10)7-16-8-12(15)13-3/h4-6H,1,7-8H2,2-3H3,(H,13,15). The molecule has 0 saturated carbocycles. The predicted molar refractivity (Wildman–Crippen MR) is 69.3 cm³/mol. The first kappa shape index (κ1) is 12.8. The minimum absolute atomic E-state index is 0.0431. The lowest BCUT2D eigenvalue weighted by molar-refractivity contribution is -0.118. The molecular weight excluding hydrogens is 220 g/mol. The highest BCUT2D eigenvalue weighted by molar-refractivity contribution is 7.99. The molecule has 16 heavy (non-hydrogen) atoms. The van der Waals surface area contributed by atoms with Crippen LogP contribution >= 0.6 is 11.8 Å². The number of amides is 1. The number of aryl methyl sites for hydroxylation is 1. The van der Waals surface area contributed by atoms with Crippen molar-refractivity contribution in [1.82, 2.24) is 10.3 Å². The molecule has 0 saturated heterocycles. The summed E-state index contributed by atoms with van der Waals surface area (Å²) in [5.41, 5.74) is 3.04. The van der Waals surface area contributed by atoms with Crippen LogP contribution in [0.2, 0.25) is 0 Å². The topological polar surface area (TPSA) is 42.0 Å². The van der Waals surface area contributed by atoms with E-state index in [2.05, 4.69) is 16.9 Å². The van der Waals surface area contributed by atoms with Gasteiger partial charge in [0.1, 0.15) is 0 Å². The summed E-state index contributed by atoms with van der Waals surface area (Å²) in [6.45, 7) is 5.69. The van der Waals surface area contributed by atoms with Crippen molar-refractivity contribution in [3.05, 3.63) is 35.7 Å². The molecule has 0 fully saturated rings. The third-order valence-electron chi connectivity index (χ3n) is 2.03. The van der Waals surface area contributed by atoms with E-state index in [0.29, 0.717) is 5.75 Å². The number of nitrogens with one attached hydrogen (secondary N) is 1. The zero-order valence-corrected chi connectivity index (χ0v) is 10.4. The average molecular weight is 236 g/mol. The first-order valence-corrected chi connectivity index (χ1v) is 6.19. The second-order valence-corrected chi connectivity index (χ2v) is 4.39. The fourth-order valence-electron chi connectivity index (χ4n) is 1.28. The van der Waals surface area contributed by atoms with E-state index in [1.54, 1.807) is 18.8 Å². The van der Waals surface area contributed by atoms with Crippen LogP contribution in [0.25, 0.3) is 6.08 Å². The molecule has 0 atom stereocenters. The van der Waals surface area contributed by atoms with Crippen LogP contribution < -0.4 is 5.32 Å². The maximum absolute atomic E-state index is 11.0. The Morgan fingerprint density at radius 1 is 1.62 bits per heavy atom. The smallest absolute Gasteiger partial charge is 0.229 e. The van der Waals surface area contributed by atoms with E-state index >= 15 is 0 Å². The molecule has 1 rings (SSSR count). The quantitative estimate of drug-likeness (QED) is 0.850. The normalized spacial score (nSPS) is 9.88. The summed E-state index contributed by atoms with van der Waals surface area (Å²) in [6, 6.07) is 3.98. The van der Waals surface area contributed by atoms with E-state index in [0.717, 1.165) is 22.7 Å². The lowest BCUT2D eigenvalue weighted by atomic mass is 10.2. The summed E-state index contributed by atoms with van der Waals surface area (Å²) in [5, 5.41) is 2.59. The van der Waals surface area contributed by atoms with E-state index in [1.165, 1.54) is 0 Å². The maximum atomic E-state index is 11.0. The Labute approximate surface area is 100 Å². The Bertz CT molecular complexity index is 391. The first-order chi connectivity index (χ1) is 7.65. The van der Waals surface area contributed by atoms with Crippen LogP contribution in [0.5, 0.6) is 0 Å². The molecule has 0 aromatic carbocycles. The summed E-state index contributed by atoms with van der Waals surface area (Å²) in [6.07, 6.45) is 1.81. The van der Waals surface area contributed by atoms with Crippen LogP contribution in [-0.2, 0) is 10.5 Å². The van der Waals surface area contributed by atoms with E-state index in [4.69, 9.17) is 0 Å². The van der Waals surface area contributed by atoms with Gasteiger partial charge in [-0.3, -0.25) is 9.78 Å². The van der Waals surface area contributed by atoms with Gasteiger partial charge in [0.25, 0.3) is 0 Å². The summed E-state index contributed by atoms with van der Waals surface area (Å²) < 4.78 is 0. The van der Waals surface area contributed by atoms with Gasteiger partial charge in [0.2, 0.25) is 5.91 Å². The molecule has 0 unspecified atom stereocenters. The first-order valence-electron chi connectivity index (χ1n) is 5.04. The monoisotopic (exact) mass is 236 g/mol. The second kappa shape index (κ2) is 6.33. The third-order valence-corrected chi connectivity index (χ3v) is 2.99. The Morgan fingerprint density at radius 2 is 2.38 bits per heavy atom. The number of aromatic nitrogens is 1. The predicted octanol–water partition coefficient (Wildman–Crippen LogP) is 2.01. The van der Waals surface area contributed by atoms with Crippen molar-refractivity contribution in [3.8, 4) is 0 Å². The van der Waals surface area contributed by atoms with Crippen LogP contribution in [0.4, 0.5) is 0 Å². The minimum atomic E-state index is 0.0431. The van der Waals surface area contributed by atoms with Crippen molar-refractivity contribution in [2.45, 2.75) is 12.7 Å². The summed E-state index contributed by atoms with van der Waals surface area (Å²) in [7, 11) is 1.64. The van der Waals surface area contributed by atoms with Gasteiger partial charge in [-0.1, -0.05) is 12.7 Å². The van der Waals surface area contributed by atoms with Gasteiger partial charge < -0.3 is 5.32 Å². The van der Waals surface area contributed by atoms with Gasteiger partial charge in [-0.15, -0.1) is 11.8 Å². The molecule has 1 N–H and O–H groups in total. The van der Waals surface area contributed by atoms with Crippen molar-refractivity contribution < 1.29 is 4.79 Å². The molecule has 0 bridgehead atoms. The van der Waals surface area contributed by atoms with Crippen molar-refractivity contribution in [2.24, 2.45) is 0 Å². The Kier molecular flexibility index (Phi) is 5.05. The van der Waals surface area contributed by atoms with Gasteiger partial charge in [0.15, 0.2) is 0 Å². The van der Waals surface area contributed by atoms with Crippen molar-refractivity contribution in [1.29, 1.82) is 0 Å². The van der Waals surface area contributed by atoms with Crippen LogP contribution in [0, 0.1) is 6.92 Å². The highest BCUT2D eigenvalue weighted by Gasteiger charge is 2.01. The minimum Gasteiger partial charge on any atom is -0.358 e. The van der Waals surface area contributed by atoms with Crippen molar-refractivity contribution >= 4 is 23.7 Å². The molecule has 0 radical (unpaired) electrons. The molecule has 86 valence electrons. The highest BCUT2D eigenvalue weighted by atomic mass is 32.2. The molecule has 0 aliphatic rings. The van der Waals surface area contributed by atoms with Crippen LogP contribution in [0.1, 0.15) is 17.0 Å². The number of thioether (sulfide) groups is 1. The molecule has 4 heteroatoms. The van der Waals surface area contributed by atoms with E-state index in [1.807, 2.05) is 25.1 Å². The maximum Gasteiger partial charge on any atom is 0.229 e. The molecule has 3 nitrogen and oxygen atoms in total. The lowest BCUT2D eigenvalue weighted by Crippen LogP contribution is -2.19. The average Bonchev–Trinajstić information content (AvgIpc) is 2.28. The Morgan fingerprint density at radius 3 is 3.00 bits per heavy atom. The number of carbonyl (C=O) groups excluding carboxylic acids is 1.